The molecule has 118 valence electrons. The fraction of sp³-hybridized carbons (Fsp3) is 0.375. The number of carbonyl (C=O) groups is 1. The van der Waals surface area contributed by atoms with Crippen molar-refractivity contribution in [3.05, 3.63) is 42.0 Å². The Bertz CT molecular complexity index is 741. The zero-order valence-corrected chi connectivity index (χ0v) is 12.9. The molecule has 1 N–H and O–H groups in total. The largest absolute Gasteiger partial charge is 0.339 e. The Labute approximate surface area is 134 Å². The van der Waals surface area contributed by atoms with Crippen molar-refractivity contribution in [2.75, 3.05) is 26.7 Å². The van der Waals surface area contributed by atoms with E-state index in [0.717, 1.165) is 19.5 Å². The van der Waals surface area contributed by atoms with Gasteiger partial charge in [0, 0.05) is 13.6 Å². The first-order chi connectivity index (χ1) is 11.2. The van der Waals surface area contributed by atoms with Crippen LogP contribution in [0.3, 0.4) is 0 Å². The first kappa shape index (κ1) is 15.2. The predicted octanol–water partition coefficient (Wildman–Crippen LogP) is 0.820. The molecule has 1 aromatic carbocycles. The molecule has 7 nitrogen and oxygen atoms in total. The molecule has 23 heavy (non-hydrogen) atoms. The van der Waals surface area contributed by atoms with E-state index >= 15 is 0 Å². The van der Waals surface area contributed by atoms with Gasteiger partial charge in [-0.15, -0.1) is 5.10 Å². The van der Waals surface area contributed by atoms with Crippen LogP contribution in [0.1, 0.15) is 22.6 Å². The highest BCUT2D eigenvalue weighted by Crippen LogP contribution is 2.12. The number of carbonyl (C=O) groups excluding carboxylic acids is 1. The van der Waals surface area contributed by atoms with Crippen LogP contribution >= 0.6 is 0 Å². The Kier molecular flexibility index (Phi) is 4.35. The molecule has 1 saturated heterocycles. The molecule has 0 spiro atoms. The fourth-order valence-corrected chi connectivity index (χ4v) is 2.71. The maximum atomic E-state index is 12.4. The predicted molar refractivity (Wildman–Crippen MR) is 84.0 cm³/mol. The molecule has 2 aromatic rings. The zero-order chi connectivity index (χ0) is 16.2. The minimum atomic E-state index is -0.188. The van der Waals surface area contributed by atoms with Crippen molar-refractivity contribution in [1.29, 1.82) is 5.26 Å². The van der Waals surface area contributed by atoms with Gasteiger partial charge in [0.2, 0.25) is 5.82 Å². The number of aromatic nitrogens is 3. The highest BCUT2D eigenvalue weighted by Gasteiger charge is 2.22. The van der Waals surface area contributed by atoms with Gasteiger partial charge >= 0.3 is 0 Å². The van der Waals surface area contributed by atoms with Crippen molar-refractivity contribution < 1.29 is 4.79 Å². The Hall–Kier alpha value is -2.72. The van der Waals surface area contributed by atoms with Gasteiger partial charge in [0.1, 0.15) is 6.33 Å². The van der Waals surface area contributed by atoms with Gasteiger partial charge in [0.25, 0.3) is 5.91 Å². The third-order valence-corrected chi connectivity index (χ3v) is 3.96. The number of hydrogen-bond acceptors (Lipinski definition) is 5. The van der Waals surface area contributed by atoms with E-state index in [9.17, 15) is 4.79 Å². The summed E-state index contributed by atoms with van der Waals surface area (Å²) in [6.07, 6.45) is 2.58. The Morgan fingerprint density at radius 2 is 2.43 bits per heavy atom. The van der Waals surface area contributed by atoms with E-state index < -0.39 is 0 Å². The van der Waals surface area contributed by atoms with Crippen LogP contribution in [0.5, 0.6) is 0 Å². The van der Waals surface area contributed by atoms with Gasteiger partial charge in [-0.3, -0.25) is 4.79 Å². The molecular weight excluding hydrogens is 292 g/mol. The van der Waals surface area contributed by atoms with Gasteiger partial charge in [-0.1, -0.05) is 6.07 Å². The van der Waals surface area contributed by atoms with E-state index in [1.54, 1.807) is 30.1 Å². The van der Waals surface area contributed by atoms with Gasteiger partial charge in [-0.2, -0.15) is 5.26 Å². The van der Waals surface area contributed by atoms with Crippen molar-refractivity contribution in [3.63, 3.8) is 0 Å². The normalized spacial score (nSPS) is 17.0. The highest BCUT2D eigenvalue weighted by atomic mass is 16.2. The van der Waals surface area contributed by atoms with E-state index in [0.29, 0.717) is 23.7 Å². The molecule has 1 aromatic heterocycles. The molecule has 0 saturated carbocycles. The average molecular weight is 310 g/mol. The van der Waals surface area contributed by atoms with E-state index in [1.807, 2.05) is 6.07 Å². The average Bonchev–Trinajstić information content (AvgIpc) is 3.25. The van der Waals surface area contributed by atoms with Crippen molar-refractivity contribution in [3.8, 4) is 11.8 Å². The minimum Gasteiger partial charge on any atom is -0.339 e. The summed E-state index contributed by atoms with van der Waals surface area (Å²) in [6, 6.07) is 9.10. The summed E-state index contributed by atoms with van der Waals surface area (Å²) in [6.45, 7) is 2.65. The lowest BCUT2D eigenvalue weighted by molar-refractivity contribution is 0.0764. The lowest BCUT2D eigenvalue weighted by Crippen LogP contribution is -2.33. The number of rotatable bonds is 4. The number of nitrogens with zero attached hydrogens (tertiary/aromatic N) is 5. The van der Waals surface area contributed by atoms with Crippen LogP contribution in [0.15, 0.2) is 30.6 Å². The van der Waals surface area contributed by atoms with Crippen molar-refractivity contribution in [2.24, 2.45) is 5.92 Å². The third kappa shape index (κ3) is 3.38. The molecule has 0 radical (unpaired) electrons. The molecule has 0 bridgehead atoms. The Morgan fingerprint density at radius 3 is 3.17 bits per heavy atom. The zero-order valence-electron chi connectivity index (χ0n) is 12.9. The van der Waals surface area contributed by atoms with Gasteiger partial charge in [-0.05, 0) is 43.6 Å². The molecule has 2 heterocycles. The van der Waals surface area contributed by atoms with Crippen LogP contribution in [0, 0.1) is 17.2 Å². The second-order valence-corrected chi connectivity index (χ2v) is 5.72. The molecule has 7 heteroatoms. The molecule has 1 unspecified atom stereocenters. The van der Waals surface area contributed by atoms with E-state index in [1.165, 1.54) is 11.0 Å². The molecule has 0 aliphatic carbocycles. The number of nitriles is 1. The molecule has 3 rings (SSSR count). The quantitative estimate of drug-likeness (QED) is 0.903. The number of amides is 1. The monoisotopic (exact) mass is 310 g/mol. The smallest absolute Gasteiger partial charge is 0.293 e. The summed E-state index contributed by atoms with van der Waals surface area (Å²) in [7, 11) is 1.78. The van der Waals surface area contributed by atoms with Crippen molar-refractivity contribution >= 4 is 5.91 Å². The summed E-state index contributed by atoms with van der Waals surface area (Å²) in [4.78, 5) is 18.2. The minimum absolute atomic E-state index is 0.167. The summed E-state index contributed by atoms with van der Waals surface area (Å²) < 4.78 is 1.51. The van der Waals surface area contributed by atoms with Gasteiger partial charge < -0.3 is 10.2 Å². The number of nitrogens with one attached hydrogen (secondary N) is 1. The van der Waals surface area contributed by atoms with Crippen LogP contribution in [-0.4, -0.2) is 52.3 Å². The van der Waals surface area contributed by atoms with Gasteiger partial charge in [0.15, 0.2) is 0 Å². The second kappa shape index (κ2) is 6.58. The summed E-state index contributed by atoms with van der Waals surface area (Å²) in [5.41, 5.74) is 1.25. The topological polar surface area (TPSA) is 86.8 Å². The molecule has 1 aliphatic heterocycles. The summed E-state index contributed by atoms with van der Waals surface area (Å²) >= 11 is 0. The van der Waals surface area contributed by atoms with Crippen LogP contribution < -0.4 is 5.32 Å². The van der Waals surface area contributed by atoms with Crippen LogP contribution in [0.25, 0.3) is 5.69 Å². The van der Waals surface area contributed by atoms with E-state index in [-0.39, 0.29) is 11.7 Å². The van der Waals surface area contributed by atoms with E-state index in [4.69, 9.17) is 5.26 Å². The van der Waals surface area contributed by atoms with Crippen LogP contribution in [-0.2, 0) is 0 Å². The first-order valence-corrected chi connectivity index (χ1v) is 7.56. The summed E-state index contributed by atoms with van der Waals surface area (Å²) in [5, 5.41) is 16.5. The lowest BCUT2D eigenvalue weighted by Gasteiger charge is -2.19. The maximum absolute atomic E-state index is 12.4. The standard InChI is InChI=1S/C16H18N6O/c1-21(10-13-5-6-18-9-13)16(23)15-19-11-22(20-15)14-4-2-3-12(7-14)8-17/h2-4,7,11,13,18H,5-6,9-10H2,1H3. The van der Waals surface area contributed by atoms with Gasteiger partial charge in [-0.25, -0.2) is 9.67 Å². The number of benzene rings is 1. The summed E-state index contributed by atoms with van der Waals surface area (Å²) in [5.74, 6) is 0.464. The van der Waals surface area contributed by atoms with Crippen LogP contribution in [0.4, 0.5) is 0 Å². The molecule has 1 aliphatic rings. The second-order valence-electron chi connectivity index (χ2n) is 5.72. The molecule has 1 amide bonds. The number of hydrogen-bond donors (Lipinski definition) is 1. The van der Waals surface area contributed by atoms with E-state index in [2.05, 4.69) is 21.5 Å². The SMILES string of the molecule is CN(CC1CCNC1)C(=O)c1ncn(-c2cccc(C#N)c2)n1. The highest BCUT2D eigenvalue weighted by molar-refractivity contribution is 5.90. The maximum Gasteiger partial charge on any atom is 0.293 e. The fourth-order valence-electron chi connectivity index (χ4n) is 2.71. The molecule has 1 atom stereocenters. The molecule has 1 fully saturated rings. The third-order valence-electron chi connectivity index (χ3n) is 3.96. The molecular formula is C16H18N6O. The Balaban J connectivity index is 1.72. The Morgan fingerprint density at radius 1 is 1.57 bits per heavy atom. The van der Waals surface area contributed by atoms with Gasteiger partial charge in [0.05, 0.1) is 17.3 Å². The van der Waals surface area contributed by atoms with Crippen molar-refractivity contribution in [1.82, 2.24) is 25.0 Å². The van der Waals surface area contributed by atoms with Crippen LogP contribution in [0.2, 0.25) is 0 Å². The van der Waals surface area contributed by atoms with Crippen molar-refractivity contribution in [2.45, 2.75) is 6.42 Å². The first-order valence-electron chi connectivity index (χ1n) is 7.56. The lowest BCUT2D eigenvalue weighted by atomic mass is 10.1.